The maximum Gasteiger partial charge on any atom is 0.0991 e. The topological polar surface area (TPSA) is 50.5 Å². The summed E-state index contributed by atoms with van der Waals surface area (Å²) in [5.74, 6) is 0. The van der Waals surface area contributed by atoms with E-state index in [2.05, 4.69) is 22.8 Å². The highest BCUT2D eigenvalue weighted by molar-refractivity contribution is 5.31. The highest BCUT2D eigenvalue weighted by Gasteiger charge is 2.24. The van der Waals surface area contributed by atoms with Crippen molar-refractivity contribution in [1.82, 2.24) is 9.80 Å². The molecule has 4 nitrogen and oxygen atoms in total. The molecule has 1 aromatic rings. The van der Waals surface area contributed by atoms with Crippen LogP contribution in [0.4, 0.5) is 0 Å². The summed E-state index contributed by atoms with van der Waals surface area (Å²) in [6.45, 7) is 8.79. The van der Waals surface area contributed by atoms with E-state index < -0.39 is 0 Å². The lowest BCUT2D eigenvalue weighted by Crippen LogP contribution is -2.53. The van der Waals surface area contributed by atoms with Gasteiger partial charge in [0.25, 0.3) is 0 Å². The lowest BCUT2D eigenvalue weighted by molar-refractivity contribution is 0.0423. The summed E-state index contributed by atoms with van der Waals surface area (Å²) < 4.78 is 0. The average Bonchev–Trinajstić information content (AvgIpc) is 2.42. The molecule has 0 amide bonds. The van der Waals surface area contributed by atoms with Crippen molar-refractivity contribution in [3.8, 4) is 6.07 Å². The summed E-state index contributed by atoms with van der Waals surface area (Å²) in [6, 6.07) is 10.4. The summed E-state index contributed by atoms with van der Waals surface area (Å²) in [5.41, 5.74) is 1.96. The summed E-state index contributed by atoms with van der Waals surface area (Å²) in [6.07, 6.45) is -0.262. The fourth-order valence-corrected chi connectivity index (χ4v) is 2.77. The number of rotatable bonds is 4. The van der Waals surface area contributed by atoms with E-state index in [0.717, 1.165) is 32.7 Å². The van der Waals surface area contributed by atoms with Crippen LogP contribution in [0.5, 0.6) is 0 Å². The number of nitriles is 1. The van der Waals surface area contributed by atoms with E-state index in [9.17, 15) is 5.11 Å². The molecule has 0 spiro atoms. The summed E-state index contributed by atoms with van der Waals surface area (Å²) >= 11 is 0. The summed E-state index contributed by atoms with van der Waals surface area (Å²) in [5, 5.41) is 18.3. The Morgan fingerprint density at radius 2 is 2.05 bits per heavy atom. The van der Waals surface area contributed by atoms with Crippen LogP contribution in [0, 0.1) is 11.3 Å². The van der Waals surface area contributed by atoms with Crippen LogP contribution in [-0.2, 0) is 6.54 Å². The van der Waals surface area contributed by atoms with Crippen LogP contribution in [0.25, 0.3) is 0 Å². The van der Waals surface area contributed by atoms with Crippen molar-refractivity contribution in [1.29, 1.82) is 5.26 Å². The van der Waals surface area contributed by atoms with E-state index in [4.69, 9.17) is 5.26 Å². The Morgan fingerprint density at radius 1 is 1.35 bits per heavy atom. The molecular weight excluding hydrogens is 250 g/mol. The fourth-order valence-electron chi connectivity index (χ4n) is 2.77. The smallest absolute Gasteiger partial charge is 0.0991 e. The van der Waals surface area contributed by atoms with Gasteiger partial charge < -0.3 is 5.11 Å². The van der Waals surface area contributed by atoms with E-state index in [1.807, 2.05) is 31.2 Å². The van der Waals surface area contributed by atoms with Crippen molar-refractivity contribution in [2.45, 2.75) is 32.5 Å². The van der Waals surface area contributed by atoms with Gasteiger partial charge in [-0.2, -0.15) is 5.26 Å². The predicted molar refractivity (Wildman–Crippen MR) is 79.1 cm³/mol. The molecule has 1 aliphatic heterocycles. The van der Waals surface area contributed by atoms with Gasteiger partial charge in [0.05, 0.1) is 17.7 Å². The number of aliphatic hydroxyl groups excluding tert-OH is 1. The van der Waals surface area contributed by atoms with E-state index >= 15 is 0 Å². The Hall–Kier alpha value is -1.41. The van der Waals surface area contributed by atoms with Crippen molar-refractivity contribution in [2.24, 2.45) is 0 Å². The van der Waals surface area contributed by atoms with Crippen LogP contribution in [-0.4, -0.2) is 53.2 Å². The molecule has 20 heavy (non-hydrogen) atoms. The SMILES string of the molecule is C[C@@H](O)CN1CCN(Cc2ccc(C#N)cc2)C[C@@H]1C. The molecule has 1 saturated heterocycles. The van der Waals surface area contributed by atoms with Crippen LogP contribution >= 0.6 is 0 Å². The van der Waals surface area contributed by atoms with Gasteiger partial charge in [-0.25, -0.2) is 0 Å². The highest BCUT2D eigenvalue weighted by atomic mass is 16.3. The van der Waals surface area contributed by atoms with Gasteiger partial charge in [-0.3, -0.25) is 9.80 Å². The molecule has 0 radical (unpaired) electrons. The van der Waals surface area contributed by atoms with Crippen LogP contribution in [0.15, 0.2) is 24.3 Å². The molecule has 2 rings (SSSR count). The second-order valence-electron chi connectivity index (χ2n) is 5.74. The molecule has 0 aromatic heterocycles. The molecule has 108 valence electrons. The Balaban J connectivity index is 1.88. The first-order valence-electron chi connectivity index (χ1n) is 7.22. The Bertz CT molecular complexity index is 464. The zero-order chi connectivity index (χ0) is 14.5. The van der Waals surface area contributed by atoms with Gasteiger partial charge >= 0.3 is 0 Å². The summed E-state index contributed by atoms with van der Waals surface area (Å²) in [4.78, 5) is 4.78. The van der Waals surface area contributed by atoms with Crippen molar-refractivity contribution in [2.75, 3.05) is 26.2 Å². The van der Waals surface area contributed by atoms with Crippen LogP contribution in [0.1, 0.15) is 25.0 Å². The number of nitrogens with zero attached hydrogens (tertiary/aromatic N) is 3. The van der Waals surface area contributed by atoms with Gasteiger partial charge in [-0.15, -0.1) is 0 Å². The largest absolute Gasteiger partial charge is 0.392 e. The molecule has 1 N–H and O–H groups in total. The van der Waals surface area contributed by atoms with Gasteiger partial charge in [-0.1, -0.05) is 12.1 Å². The lowest BCUT2D eigenvalue weighted by atomic mass is 10.1. The third-order valence-corrected chi connectivity index (χ3v) is 3.84. The molecule has 2 atom stereocenters. The maximum absolute atomic E-state index is 9.49. The van der Waals surface area contributed by atoms with Crippen LogP contribution in [0.2, 0.25) is 0 Å². The molecule has 1 heterocycles. The first-order valence-corrected chi connectivity index (χ1v) is 7.22. The van der Waals surface area contributed by atoms with Crippen molar-refractivity contribution in [3.05, 3.63) is 35.4 Å². The van der Waals surface area contributed by atoms with Crippen LogP contribution < -0.4 is 0 Å². The van der Waals surface area contributed by atoms with Gasteiger partial charge in [-0.05, 0) is 31.5 Å². The Kier molecular flexibility index (Phi) is 5.13. The average molecular weight is 273 g/mol. The molecule has 0 aliphatic carbocycles. The Morgan fingerprint density at radius 3 is 2.60 bits per heavy atom. The van der Waals surface area contributed by atoms with Crippen molar-refractivity contribution < 1.29 is 5.11 Å². The second-order valence-corrected chi connectivity index (χ2v) is 5.74. The third kappa shape index (κ3) is 4.04. The van der Waals surface area contributed by atoms with E-state index in [-0.39, 0.29) is 6.10 Å². The number of piperazine rings is 1. The number of hydrogen-bond donors (Lipinski definition) is 1. The molecule has 0 unspecified atom stereocenters. The molecule has 0 bridgehead atoms. The number of benzene rings is 1. The van der Waals surface area contributed by atoms with Gasteiger partial charge in [0.2, 0.25) is 0 Å². The van der Waals surface area contributed by atoms with Gasteiger partial charge in [0.15, 0.2) is 0 Å². The normalized spacial score (nSPS) is 22.4. The van der Waals surface area contributed by atoms with Crippen molar-refractivity contribution in [3.63, 3.8) is 0 Å². The first-order chi connectivity index (χ1) is 9.58. The molecule has 4 heteroatoms. The molecule has 1 aromatic carbocycles. The standard InChI is InChI=1S/C16H23N3O/c1-13-10-18(7-8-19(13)11-14(2)20)12-16-5-3-15(9-17)4-6-16/h3-6,13-14,20H,7-8,10-12H2,1-2H3/t13-,14+/m0/s1. The summed E-state index contributed by atoms with van der Waals surface area (Å²) in [7, 11) is 0. The number of β-amino-alcohol motifs (C(OH)–C–C–N with tert-alkyl or cyclic N) is 1. The minimum absolute atomic E-state index is 0.262. The molecule has 1 fully saturated rings. The van der Waals surface area contributed by atoms with E-state index in [1.165, 1.54) is 5.56 Å². The van der Waals surface area contributed by atoms with Gasteiger partial charge in [0, 0.05) is 38.8 Å². The second kappa shape index (κ2) is 6.85. The minimum Gasteiger partial charge on any atom is -0.392 e. The van der Waals surface area contributed by atoms with E-state index in [0.29, 0.717) is 11.6 Å². The molecule has 1 aliphatic rings. The van der Waals surface area contributed by atoms with Crippen molar-refractivity contribution >= 4 is 0 Å². The monoisotopic (exact) mass is 273 g/mol. The quantitative estimate of drug-likeness (QED) is 0.902. The maximum atomic E-state index is 9.49. The number of hydrogen-bond acceptors (Lipinski definition) is 4. The van der Waals surface area contributed by atoms with Crippen LogP contribution in [0.3, 0.4) is 0 Å². The Labute approximate surface area is 121 Å². The zero-order valence-corrected chi connectivity index (χ0v) is 12.3. The fraction of sp³-hybridized carbons (Fsp3) is 0.562. The molecular formula is C16H23N3O. The molecule has 0 saturated carbocycles. The minimum atomic E-state index is -0.262. The highest BCUT2D eigenvalue weighted by Crippen LogP contribution is 2.14. The predicted octanol–water partition coefficient (Wildman–Crippen LogP) is 1.45. The number of aliphatic hydroxyl groups is 1. The zero-order valence-electron chi connectivity index (χ0n) is 12.3. The van der Waals surface area contributed by atoms with Gasteiger partial charge in [0.1, 0.15) is 0 Å². The third-order valence-electron chi connectivity index (χ3n) is 3.84. The first kappa shape index (κ1) is 15.0. The lowest BCUT2D eigenvalue weighted by Gasteiger charge is -2.40. The van der Waals surface area contributed by atoms with E-state index in [1.54, 1.807) is 0 Å².